The standard InChI is InChI=1S/C17H22N4O2S/c1-12(2)17-15-10-16(19-11-13(15)4-7-18-17)20-14-5-8-21(9-6-14)24(3,22)23/h4,7,10-11,14H,1,5-6,8-9H2,2-3H3,(H,19,20). The van der Waals surface area contributed by atoms with E-state index in [1.54, 1.807) is 6.20 Å². The van der Waals surface area contributed by atoms with Gasteiger partial charge in [0.15, 0.2) is 0 Å². The van der Waals surface area contributed by atoms with Gasteiger partial charge in [0.05, 0.1) is 11.9 Å². The molecule has 1 N–H and O–H groups in total. The summed E-state index contributed by atoms with van der Waals surface area (Å²) in [5.74, 6) is 0.788. The van der Waals surface area contributed by atoms with Gasteiger partial charge in [0, 0.05) is 42.3 Å². The van der Waals surface area contributed by atoms with Crippen LogP contribution in [0.15, 0.2) is 31.1 Å². The molecular formula is C17H22N4O2S. The van der Waals surface area contributed by atoms with Gasteiger partial charge in [-0.1, -0.05) is 6.58 Å². The number of sulfonamides is 1. The van der Waals surface area contributed by atoms with E-state index in [0.717, 1.165) is 40.7 Å². The highest BCUT2D eigenvalue weighted by Crippen LogP contribution is 2.25. The highest BCUT2D eigenvalue weighted by Gasteiger charge is 2.25. The number of nitrogens with one attached hydrogen (secondary N) is 1. The molecule has 1 saturated heterocycles. The quantitative estimate of drug-likeness (QED) is 0.920. The van der Waals surface area contributed by atoms with Gasteiger partial charge in [0.25, 0.3) is 0 Å². The predicted octanol–water partition coefficient (Wildman–Crippen LogP) is 2.50. The molecule has 3 heterocycles. The number of anilines is 1. The van der Waals surface area contributed by atoms with Gasteiger partial charge in [-0.15, -0.1) is 0 Å². The molecule has 7 heteroatoms. The molecule has 2 aromatic rings. The number of fused-ring (bicyclic) bond motifs is 1. The molecule has 0 spiro atoms. The molecule has 0 aliphatic carbocycles. The van der Waals surface area contributed by atoms with E-state index < -0.39 is 10.0 Å². The Morgan fingerprint density at radius 2 is 2.04 bits per heavy atom. The number of hydrogen-bond acceptors (Lipinski definition) is 5. The van der Waals surface area contributed by atoms with Crippen LogP contribution in [0.1, 0.15) is 25.5 Å². The number of hydrogen-bond donors (Lipinski definition) is 1. The molecular weight excluding hydrogens is 324 g/mol. The summed E-state index contributed by atoms with van der Waals surface area (Å²) in [5.41, 5.74) is 1.80. The molecule has 1 aliphatic rings. The SMILES string of the molecule is C=C(C)c1nccc2cnc(NC3CCN(S(C)(=O)=O)CC3)cc12. The lowest BCUT2D eigenvalue weighted by molar-refractivity contribution is 0.331. The van der Waals surface area contributed by atoms with Crippen LogP contribution in [0.4, 0.5) is 5.82 Å². The van der Waals surface area contributed by atoms with Crippen molar-refractivity contribution in [3.05, 3.63) is 36.8 Å². The normalized spacial score (nSPS) is 17.1. The first-order valence-electron chi connectivity index (χ1n) is 7.97. The molecule has 24 heavy (non-hydrogen) atoms. The van der Waals surface area contributed by atoms with Gasteiger partial charge in [-0.3, -0.25) is 4.98 Å². The van der Waals surface area contributed by atoms with E-state index in [-0.39, 0.29) is 6.04 Å². The molecule has 0 bridgehead atoms. The molecule has 0 radical (unpaired) electrons. The zero-order valence-corrected chi connectivity index (χ0v) is 14.8. The fraction of sp³-hybridized carbons (Fsp3) is 0.412. The summed E-state index contributed by atoms with van der Waals surface area (Å²) < 4.78 is 24.7. The Labute approximate surface area is 142 Å². The molecule has 0 saturated carbocycles. The summed E-state index contributed by atoms with van der Waals surface area (Å²) in [6, 6.07) is 4.15. The van der Waals surface area contributed by atoms with Crippen molar-refractivity contribution in [1.82, 2.24) is 14.3 Å². The van der Waals surface area contributed by atoms with Crippen LogP contribution in [0.25, 0.3) is 16.3 Å². The number of rotatable bonds is 4. The topological polar surface area (TPSA) is 75.2 Å². The molecule has 1 fully saturated rings. The zero-order chi connectivity index (χ0) is 17.3. The summed E-state index contributed by atoms with van der Waals surface area (Å²) in [7, 11) is -3.09. The number of nitrogens with zero attached hydrogens (tertiary/aromatic N) is 3. The van der Waals surface area contributed by atoms with E-state index in [1.165, 1.54) is 10.6 Å². The Kier molecular flexibility index (Phi) is 4.56. The monoisotopic (exact) mass is 346 g/mol. The molecule has 0 aromatic carbocycles. The Morgan fingerprint density at radius 3 is 2.67 bits per heavy atom. The van der Waals surface area contributed by atoms with Gasteiger partial charge >= 0.3 is 0 Å². The van der Waals surface area contributed by atoms with Crippen LogP contribution in [0.3, 0.4) is 0 Å². The van der Waals surface area contributed by atoms with Crippen LogP contribution < -0.4 is 5.32 Å². The summed E-state index contributed by atoms with van der Waals surface area (Å²) >= 11 is 0. The number of allylic oxidation sites excluding steroid dienone is 1. The molecule has 0 unspecified atom stereocenters. The number of pyridine rings is 2. The van der Waals surface area contributed by atoms with Crippen LogP contribution in [0.5, 0.6) is 0 Å². The second-order valence-electron chi connectivity index (χ2n) is 6.31. The Hall–Kier alpha value is -1.99. The maximum absolute atomic E-state index is 11.6. The summed E-state index contributed by atoms with van der Waals surface area (Å²) in [6.45, 7) is 7.02. The minimum Gasteiger partial charge on any atom is -0.367 e. The highest BCUT2D eigenvalue weighted by molar-refractivity contribution is 7.88. The summed E-state index contributed by atoms with van der Waals surface area (Å²) in [6.07, 6.45) is 6.40. The average Bonchev–Trinajstić information content (AvgIpc) is 2.53. The van der Waals surface area contributed by atoms with Crippen molar-refractivity contribution < 1.29 is 8.42 Å². The van der Waals surface area contributed by atoms with Crippen molar-refractivity contribution >= 4 is 32.2 Å². The third-order valence-corrected chi connectivity index (χ3v) is 5.63. The van der Waals surface area contributed by atoms with Crippen LogP contribution in [-0.2, 0) is 10.0 Å². The van der Waals surface area contributed by atoms with Crippen molar-refractivity contribution in [2.75, 3.05) is 24.7 Å². The Morgan fingerprint density at radius 1 is 1.33 bits per heavy atom. The zero-order valence-electron chi connectivity index (χ0n) is 14.0. The Bertz CT molecular complexity index is 871. The number of piperidine rings is 1. The van der Waals surface area contributed by atoms with E-state index >= 15 is 0 Å². The van der Waals surface area contributed by atoms with Gasteiger partial charge in [0.1, 0.15) is 5.82 Å². The minimum absolute atomic E-state index is 0.220. The van der Waals surface area contributed by atoms with Crippen molar-refractivity contribution in [2.45, 2.75) is 25.8 Å². The van der Waals surface area contributed by atoms with Crippen LogP contribution >= 0.6 is 0 Å². The first kappa shape index (κ1) is 16.9. The van der Waals surface area contributed by atoms with E-state index in [9.17, 15) is 8.42 Å². The van der Waals surface area contributed by atoms with Crippen LogP contribution in [0, 0.1) is 0 Å². The van der Waals surface area contributed by atoms with Crippen LogP contribution in [0.2, 0.25) is 0 Å². The fourth-order valence-electron chi connectivity index (χ4n) is 3.03. The van der Waals surface area contributed by atoms with Gasteiger partial charge in [-0.2, -0.15) is 0 Å². The molecule has 2 aromatic heterocycles. The van der Waals surface area contributed by atoms with Crippen molar-refractivity contribution in [2.24, 2.45) is 0 Å². The average molecular weight is 346 g/mol. The fourth-order valence-corrected chi connectivity index (χ4v) is 3.90. The lowest BCUT2D eigenvalue weighted by Gasteiger charge is -2.30. The van der Waals surface area contributed by atoms with Gasteiger partial charge in [-0.25, -0.2) is 17.7 Å². The van der Waals surface area contributed by atoms with Gasteiger partial charge in [-0.05, 0) is 37.5 Å². The maximum Gasteiger partial charge on any atom is 0.211 e. The molecule has 0 atom stereocenters. The van der Waals surface area contributed by atoms with E-state index in [0.29, 0.717) is 13.1 Å². The molecule has 3 rings (SSSR count). The first-order valence-corrected chi connectivity index (χ1v) is 9.82. The van der Waals surface area contributed by atoms with Crippen LogP contribution in [-0.4, -0.2) is 48.1 Å². The lowest BCUT2D eigenvalue weighted by atomic mass is 10.1. The minimum atomic E-state index is -3.09. The Balaban J connectivity index is 1.77. The van der Waals surface area contributed by atoms with Gasteiger partial charge < -0.3 is 5.32 Å². The van der Waals surface area contributed by atoms with Crippen molar-refractivity contribution in [3.63, 3.8) is 0 Å². The number of aromatic nitrogens is 2. The largest absolute Gasteiger partial charge is 0.367 e. The second kappa shape index (κ2) is 6.49. The highest BCUT2D eigenvalue weighted by atomic mass is 32.2. The van der Waals surface area contributed by atoms with Crippen molar-refractivity contribution in [1.29, 1.82) is 0 Å². The van der Waals surface area contributed by atoms with E-state index in [4.69, 9.17) is 0 Å². The predicted molar refractivity (Wildman–Crippen MR) is 97.3 cm³/mol. The van der Waals surface area contributed by atoms with E-state index in [1.807, 2.05) is 25.3 Å². The van der Waals surface area contributed by atoms with Gasteiger partial charge in [0.2, 0.25) is 10.0 Å². The summed E-state index contributed by atoms with van der Waals surface area (Å²) in [5, 5.41) is 5.47. The third kappa shape index (κ3) is 3.57. The smallest absolute Gasteiger partial charge is 0.211 e. The molecule has 6 nitrogen and oxygen atoms in total. The molecule has 1 aliphatic heterocycles. The lowest BCUT2D eigenvalue weighted by Crippen LogP contribution is -2.41. The van der Waals surface area contributed by atoms with E-state index in [2.05, 4.69) is 21.9 Å². The molecule has 128 valence electrons. The summed E-state index contributed by atoms with van der Waals surface area (Å²) in [4.78, 5) is 8.87. The second-order valence-corrected chi connectivity index (χ2v) is 8.29. The maximum atomic E-state index is 11.6. The molecule has 0 amide bonds. The third-order valence-electron chi connectivity index (χ3n) is 4.33. The van der Waals surface area contributed by atoms with Crippen molar-refractivity contribution in [3.8, 4) is 0 Å². The first-order chi connectivity index (χ1) is 11.3.